The smallest absolute Gasteiger partial charge is 0.263 e. The Kier molecular flexibility index (Phi) is 5.46. The predicted molar refractivity (Wildman–Crippen MR) is 85.3 cm³/mol. The first-order chi connectivity index (χ1) is 10.7. The fourth-order valence-electron chi connectivity index (χ4n) is 2.40. The maximum atomic E-state index is 12.5. The van der Waals surface area contributed by atoms with Gasteiger partial charge in [-0.25, -0.2) is 0 Å². The highest BCUT2D eigenvalue weighted by atomic mass is 35.5. The molecule has 1 aromatic carbocycles. The highest BCUT2D eigenvalue weighted by molar-refractivity contribution is 6.55. The van der Waals surface area contributed by atoms with Crippen LogP contribution in [0.2, 0.25) is 20.1 Å². The quantitative estimate of drug-likeness (QED) is 0.434. The van der Waals surface area contributed by atoms with Crippen LogP contribution in [0.1, 0.15) is 46.9 Å². The van der Waals surface area contributed by atoms with Crippen LogP contribution in [0.3, 0.4) is 0 Å². The second kappa shape index (κ2) is 6.85. The molecule has 0 saturated carbocycles. The van der Waals surface area contributed by atoms with E-state index in [0.29, 0.717) is 17.7 Å². The van der Waals surface area contributed by atoms with Crippen molar-refractivity contribution in [3.05, 3.63) is 31.2 Å². The monoisotopic (exact) mass is 396 g/mol. The third-order valence-electron chi connectivity index (χ3n) is 3.55. The second-order valence-electron chi connectivity index (χ2n) is 4.96. The second-order valence-corrected chi connectivity index (χ2v) is 6.48. The molecule has 0 aliphatic carbocycles. The number of hydrogen-bond donors (Lipinski definition) is 0. The molecule has 0 unspecified atom stereocenters. The lowest BCUT2D eigenvalue weighted by atomic mass is 10.1. The fourth-order valence-corrected chi connectivity index (χ4v) is 3.41. The summed E-state index contributed by atoms with van der Waals surface area (Å²) in [5, 5.41) is 10.6. The zero-order chi connectivity index (χ0) is 17.5. The Morgan fingerprint density at radius 1 is 1.00 bits per heavy atom. The highest BCUT2D eigenvalue weighted by Gasteiger charge is 2.44. The molecule has 1 aliphatic rings. The van der Waals surface area contributed by atoms with Crippen LogP contribution in [0.25, 0.3) is 0 Å². The molecule has 0 aromatic heterocycles. The van der Waals surface area contributed by atoms with Crippen molar-refractivity contribution in [2.75, 3.05) is 0 Å². The lowest BCUT2D eigenvalue weighted by Gasteiger charge is -2.26. The molecule has 5 nitrogen and oxygen atoms in total. The molecule has 0 fully saturated rings. The summed E-state index contributed by atoms with van der Waals surface area (Å²) in [4.78, 5) is 37.0. The van der Waals surface area contributed by atoms with E-state index in [0.717, 1.165) is 0 Å². The molecule has 0 bridgehead atoms. The minimum Gasteiger partial charge on any atom is -0.548 e. The minimum atomic E-state index is -1.53. The number of rotatable bonds is 5. The summed E-state index contributed by atoms with van der Waals surface area (Å²) >= 11 is 23.8. The molecule has 0 spiro atoms. The predicted octanol–water partition coefficient (Wildman–Crippen LogP) is 3.20. The lowest BCUT2D eigenvalue weighted by Crippen LogP contribution is -2.50. The lowest BCUT2D eigenvalue weighted by molar-refractivity contribution is -0.310. The van der Waals surface area contributed by atoms with Gasteiger partial charge in [0.25, 0.3) is 11.8 Å². The van der Waals surface area contributed by atoms with E-state index >= 15 is 0 Å². The van der Waals surface area contributed by atoms with E-state index in [1.807, 2.05) is 6.92 Å². The van der Waals surface area contributed by atoms with Gasteiger partial charge in [-0.1, -0.05) is 66.2 Å². The van der Waals surface area contributed by atoms with E-state index in [4.69, 9.17) is 46.4 Å². The number of nitrogens with zero attached hydrogens (tertiary/aromatic N) is 1. The molecule has 1 aromatic rings. The van der Waals surface area contributed by atoms with E-state index in [-0.39, 0.29) is 37.6 Å². The summed E-state index contributed by atoms with van der Waals surface area (Å²) in [5.74, 6) is -3.28. The number of carbonyl (C=O) groups excluding carboxylic acids is 3. The third kappa shape index (κ3) is 2.91. The molecule has 0 saturated heterocycles. The maximum absolute atomic E-state index is 12.5. The molecular formula is C14H10Cl4NO4-. The number of carboxylic acid groups (broad SMARTS) is 1. The summed E-state index contributed by atoms with van der Waals surface area (Å²) < 4.78 is 0. The molecular weight excluding hydrogens is 388 g/mol. The third-order valence-corrected chi connectivity index (χ3v) is 5.35. The zero-order valence-corrected chi connectivity index (χ0v) is 14.8. The SMILES string of the molecule is CCCC[C@H](C(=O)[O-])N1C(=O)c2c(Cl)c(Cl)c(Cl)c(Cl)c2C1=O. The van der Waals surface area contributed by atoms with E-state index < -0.39 is 23.8 Å². The molecule has 0 N–H and O–H groups in total. The zero-order valence-electron chi connectivity index (χ0n) is 11.8. The van der Waals surface area contributed by atoms with Crippen molar-refractivity contribution in [3.8, 4) is 0 Å². The van der Waals surface area contributed by atoms with Gasteiger partial charge in [0.15, 0.2) is 0 Å². The number of unbranched alkanes of at least 4 members (excludes halogenated alkanes) is 1. The van der Waals surface area contributed by atoms with Gasteiger partial charge in [-0.05, 0) is 6.42 Å². The van der Waals surface area contributed by atoms with Crippen molar-refractivity contribution < 1.29 is 19.5 Å². The van der Waals surface area contributed by atoms with Crippen molar-refractivity contribution in [1.82, 2.24) is 4.90 Å². The summed E-state index contributed by atoms with van der Waals surface area (Å²) in [6.07, 6.45) is 1.25. The van der Waals surface area contributed by atoms with Crippen molar-refractivity contribution in [1.29, 1.82) is 0 Å². The van der Waals surface area contributed by atoms with Gasteiger partial charge in [-0.2, -0.15) is 0 Å². The number of carbonyl (C=O) groups is 3. The normalized spacial score (nSPS) is 15.1. The average Bonchev–Trinajstić information content (AvgIpc) is 2.75. The topological polar surface area (TPSA) is 77.5 Å². The van der Waals surface area contributed by atoms with Crippen LogP contribution in [-0.4, -0.2) is 28.7 Å². The summed E-state index contributed by atoms with van der Waals surface area (Å²) in [7, 11) is 0. The molecule has 1 heterocycles. The van der Waals surface area contributed by atoms with Crippen LogP contribution in [0.15, 0.2) is 0 Å². The minimum absolute atomic E-state index is 0.0704. The van der Waals surface area contributed by atoms with Gasteiger partial charge >= 0.3 is 0 Å². The summed E-state index contributed by atoms with van der Waals surface area (Å²) in [5.41, 5.74) is -0.474. The van der Waals surface area contributed by atoms with Gasteiger partial charge in [0, 0.05) is 0 Å². The number of imide groups is 1. The molecule has 2 amide bonds. The summed E-state index contributed by atoms with van der Waals surface area (Å²) in [6, 6.07) is -1.41. The molecule has 1 atom stereocenters. The molecule has 9 heteroatoms. The van der Waals surface area contributed by atoms with Crippen molar-refractivity contribution in [2.45, 2.75) is 32.2 Å². The molecule has 1 aliphatic heterocycles. The number of aliphatic carboxylic acids is 1. The van der Waals surface area contributed by atoms with Crippen molar-refractivity contribution in [3.63, 3.8) is 0 Å². The molecule has 124 valence electrons. The van der Waals surface area contributed by atoms with Crippen molar-refractivity contribution in [2.24, 2.45) is 0 Å². The number of amides is 2. The Balaban J connectivity index is 2.59. The Morgan fingerprint density at radius 3 is 1.78 bits per heavy atom. The van der Waals surface area contributed by atoms with E-state index in [1.54, 1.807) is 0 Å². The Morgan fingerprint density at radius 2 is 1.43 bits per heavy atom. The molecule has 23 heavy (non-hydrogen) atoms. The first kappa shape index (κ1) is 18.3. The Bertz CT molecular complexity index is 672. The van der Waals surface area contributed by atoms with Crippen LogP contribution in [0.5, 0.6) is 0 Å². The standard InChI is InChI=1S/C14H11Cl4NO4/c1-2-3-4-5(14(22)23)19-12(20)6-7(13(19)21)9(16)11(18)10(17)8(6)15/h5H,2-4H2,1H3,(H,22,23)/p-1/t5-/m1/s1. The van der Waals surface area contributed by atoms with Gasteiger partial charge in [0.05, 0.1) is 43.2 Å². The van der Waals surface area contributed by atoms with E-state index in [9.17, 15) is 19.5 Å². The number of halogens is 4. The van der Waals surface area contributed by atoms with Gasteiger partial charge in [-0.3, -0.25) is 14.5 Å². The number of fused-ring (bicyclic) bond motifs is 1. The van der Waals surface area contributed by atoms with Crippen LogP contribution in [0, 0.1) is 0 Å². The number of hydrogen-bond acceptors (Lipinski definition) is 4. The molecule has 2 rings (SSSR count). The fraction of sp³-hybridized carbons (Fsp3) is 0.357. The number of benzene rings is 1. The molecule has 0 radical (unpaired) electrons. The highest BCUT2D eigenvalue weighted by Crippen LogP contribution is 2.45. The maximum Gasteiger partial charge on any atom is 0.263 e. The van der Waals surface area contributed by atoms with Gasteiger partial charge in [0.1, 0.15) is 0 Å². The van der Waals surface area contributed by atoms with Crippen LogP contribution >= 0.6 is 46.4 Å². The van der Waals surface area contributed by atoms with Crippen LogP contribution in [0.4, 0.5) is 0 Å². The largest absolute Gasteiger partial charge is 0.548 e. The van der Waals surface area contributed by atoms with E-state index in [2.05, 4.69) is 0 Å². The van der Waals surface area contributed by atoms with Gasteiger partial charge in [0.2, 0.25) is 0 Å². The number of carboxylic acids is 1. The van der Waals surface area contributed by atoms with E-state index in [1.165, 1.54) is 0 Å². The van der Waals surface area contributed by atoms with Gasteiger partial charge in [-0.15, -0.1) is 0 Å². The Labute approximate surface area is 152 Å². The van der Waals surface area contributed by atoms with Gasteiger partial charge < -0.3 is 9.90 Å². The Hall–Kier alpha value is -1.01. The first-order valence-corrected chi connectivity index (χ1v) is 8.19. The van der Waals surface area contributed by atoms with Crippen molar-refractivity contribution >= 4 is 64.2 Å². The average molecular weight is 398 g/mol. The summed E-state index contributed by atoms with van der Waals surface area (Å²) in [6.45, 7) is 1.85. The first-order valence-electron chi connectivity index (χ1n) is 6.68. The van der Waals surface area contributed by atoms with Crippen LogP contribution < -0.4 is 5.11 Å². The van der Waals surface area contributed by atoms with Crippen LogP contribution in [-0.2, 0) is 4.79 Å².